The van der Waals surface area contributed by atoms with E-state index in [1.165, 1.54) is 0 Å². The predicted octanol–water partition coefficient (Wildman–Crippen LogP) is -5.07. The van der Waals surface area contributed by atoms with Crippen molar-refractivity contribution in [2.24, 2.45) is 0 Å². The summed E-state index contributed by atoms with van der Waals surface area (Å²) in [6, 6.07) is 0. The van der Waals surface area contributed by atoms with Gasteiger partial charge in [-0.3, -0.25) is 0 Å². The Labute approximate surface area is 99.4 Å². The quantitative estimate of drug-likeness (QED) is 0.409. The van der Waals surface area contributed by atoms with Gasteiger partial charge in [0.25, 0.3) is 0 Å². The molecule has 0 heterocycles. The monoisotopic (exact) mass is 282 g/mol. The summed E-state index contributed by atoms with van der Waals surface area (Å²) >= 11 is 0. The molecule has 0 aromatic carbocycles. The number of rotatable bonds is 0. The average Bonchev–Trinajstić information content (AvgIpc) is 1.70. The van der Waals surface area contributed by atoms with Crippen LogP contribution in [0, 0.1) is 49.4 Å². The maximum atomic E-state index is 8.25. The zero-order valence-corrected chi connectivity index (χ0v) is 6.98. The fraction of sp³-hybridized carbons (Fsp3) is 0. The molecule has 0 radical (unpaired) electrons. The van der Waals surface area contributed by atoms with Gasteiger partial charge in [-0.1, -0.05) is 0 Å². The third-order valence-electron chi connectivity index (χ3n) is 0. The van der Waals surface area contributed by atoms with Gasteiger partial charge in [0.2, 0.25) is 0 Å². The van der Waals surface area contributed by atoms with Crippen molar-refractivity contribution in [2.45, 2.75) is 0 Å². The Balaban J connectivity index is -0.0000000257. The fourth-order valence-corrected chi connectivity index (χ4v) is 0. The van der Waals surface area contributed by atoms with Crippen molar-refractivity contribution in [3.63, 3.8) is 0 Å². The maximum absolute atomic E-state index is 8.25. The molecular weight excluding hydrogens is 280 g/mol. The Bertz CT molecular complexity index is 49.7. The first kappa shape index (κ1) is 22.4. The van der Waals surface area contributed by atoms with E-state index < -0.39 is 22.1 Å². The van der Waals surface area contributed by atoms with Crippen molar-refractivity contribution >= 4 is 22.1 Å². The minimum absolute atomic E-state index is 0. The van der Waals surface area contributed by atoms with Gasteiger partial charge in [-0.05, 0) is 0 Å². The molecule has 0 aliphatic rings. The van der Waals surface area contributed by atoms with E-state index >= 15 is 0 Å². The number of hydrogen-bond acceptors (Lipinski definition) is 6. The van der Waals surface area contributed by atoms with E-state index in [-0.39, 0.29) is 49.4 Å². The standard InChI is InChI=1S/3BO2.Eu/c3*2-1-3;/q3*-1;+3. The Hall–Kier alpha value is 0.579. The first-order chi connectivity index (χ1) is 4.24. The van der Waals surface area contributed by atoms with Gasteiger partial charge < -0.3 is 0 Å². The summed E-state index contributed by atoms with van der Waals surface area (Å²) in [6.07, 6.45) is 0. The van der Waals surface area contributed by atoms with E-state index in [1.54, 1.807) is 0 Å². The Morgan fingerprint density at radius 3 is 0.700 bits per heavy atom. The summed E-state index contributed by atoms with van der Waals surface area (Å²) in [6.45, 7) is 0. The minimum Gasteiger partial charge on any atom is 3.00 e. The van der Waals surface area contributed by atoms with Crippen molar-refractivity contribution < 1.29 is 78.6 Å². The molecule has 0 N–H and O–H groups in total. The van der Waals surface area contributed by atoms with Crippen LogP contribution in [0.4, 0.5) is 0 Å². The van der Waals surface area contributed by atoms with Crippen LogP contribution in [0.1, 0.15) is 0 Å². The van der Waals surface area contributed by atoms with Crippen molar-refractivity contribution in [3.8, 4) is 0 Å². The Morgan fingerprint density at radius 1 is 0.700 bits per heavy atom. The second-order valence-electron chi connectivity index (χ2n) is 0.289. The summed E-state index contributed by atoms with van der Waals surface area (Å²) < 4.78 is 24.8. The van der Waals surface area contributed by atoms with Gasteiger partial charge in [0, 0.05) is 0 Å². The van der Waals surface area contributed by atoms with Crippen LogP contribution in [0.3, 0.4) is 0 Å². The molecule has 0 aliphatic carbocycles. The zero-order chi connectivity index (χ0) is 8.12. The molecule has 0 atom stereocenters. The largest absolute Gasteiger partial charge is 3.00 e. The molecule has 52 valence electrons. The van der Waals surface area contributed by atoms with Crippen molar-refractivity contribution in [1.82, 2.24) is 0 Å². The maximum Gasteiger partial charge on any atom is 3.00 e. The Morgan fingerprint density at radius 2 is 0.700 bits per heavy atom. The van der Waals surface area contributed by atoms with Gasteiger partial charge >= 0.3 is 101 Å². The second kappa shape index (κ2) is 55.0. The van der Waals surface area contributed by atoms with Crippen LogP contribution in [0.15, 0.2) is 0 Å². The third-order valence-corrected chi connectivity index (χ3v) is 0. The molecule has 0 spiro atoms. The Kier molecular flexibility index (Phi) is 123. The summed E-state index contributed by atoms with van der Waals surface area (Å²) in [5.41, 5.74) is 0. The van der Waals surface area contributed by atoms with Gasteiger partial charge in [-0.2, -0.15) is 0 Å². The van der Waals surface area contributed by atoms with Crippen LogP contribution in [-0.4, -0.2) is 22.1 Å². The van der Waals surface area contributed by atoms with Gasteiger partial charge in [-0.25, -0.2) is 0 Å². The van der Waals surface area contributed by atoms with Crippen LogP contribution < -0.4 is 15.1 Å². The molecule has 10 heteroatoms. The van der Waals surface area contributed by atoms with Gasteiger partial charge in [-0.15, -0.1) is 0 Å². The second-order valence-corrected chi connectivity index (χ2v) is 0.289. The van der Waals surface area contributed by atoms with Crippen LogP contribution >= 0.6 is 0 Å². The normalized spacial score (nSPS) is 2.40. The summed E-state index contributed by atoms with van der Waals surface area (Å²) in [5.74, 6) is 0. The van der Waals surface area contributed by atoms with E-state index in [0.29, 0.717) is 0 Å². The molecule has 0 saturated heterocycles. The zero-order valence-electron chi connectivity index (χ0n) is 4.56. The van der Waals surface area contributed by atoms with E-state index in [0.717, 1.165) is 0 Å². The fourth-order valence-electron chi connectivity index (χ4n) is 0. The predicted molar refractivity (Wildman–Crippen MR) is 19.3 cm³/mol. The first-order valence-electron chi connectivity index (χ1n) is 1.41. The molecule has 0 saturated carbocycles. The molecule has 0 bridgehead atoms. The average molecular weight is 280 g/mol. The molecule has 0 unspecified atom stereocenters. The molecule has 6 nitrogen and oxygen atoms in total. The molecule has 0 aromatic rings. The van der Waals surface area contributed by atoms with E-state index in [2.05, 4.69) is 0 Å². The van der Waals surface area contributed by atoms with Crippen LogP contribution in [0.25, 0.3) is 0 Å². The van der Waals surface area contributed by atoms with Crippen molar-refractivity contribution in [1.29, 1.82) is 0 Å². The van der Waals surface area contributed by atoms with E-state index in [1.807, 2.05) is 0 Å². The third kappa shape index (κ3) is 1470. The summed E-state index contributed by atoms with van der Waals surface area (Å²) in [7, 11) is -1.50. The van der Waals surface area contributed by atoms with Gasteiger partial charge in [0.05, 0.1) is 0 Å². The molecule has 0 fully saturated rings. The molecule has 0 aromatic heterocycles. The first-order valence-corrected chi connectivity index (χ1v) is 1.41. The molecule has 0 rings (SSSR count). The summed E-state index contributed by atoms with van der Waals surface area (Å²) in [5, 5.41) is 24.8. The van der Waals surface area contributed by atoms with E-state index in [4.69, 9.17) is 29.2 Å². The van der Waals surface area contributed by atoms with E-state index in [9.17, 15) is 0 Å². The van der Waals surface area contributed by atoms with Crippen molar-refractivity contribution in [2.75, 3.05) is 0 Å². The van der Waals surface area contributed by atoms with Crippen LogP contribution in [0.2, 0.25) is 0 Å². The van der Waals surface area contributed by atoms with Gasteiger partial charge in [0.1, 0.15) is 0 Å². The molecule has 0 amide bonds. The molecular formula is B3EuO6. The van der Waals surface area contributed by atoms with Crippen LogP contribution in [-0.2, 0) is 14.1 Å². The topological polar surface area (TPSA) is 120 Å². The SMILES string of the molecule is O=B[O-].O=B[O-].O=B[O-].[Eu+3]. The molecule has 0 aliphatic heterocycles. The summed E-state index contributed by atoms with van der Waals surface area (Å²) in [4.78, 5) is 0. The number of hydrogen-bond donors (Lipinski definition) is 0. The van der Waals surface area contributed by atoms with Crippen LogP contribution in [0.5, 0.6) is 0 Å². The smallest absolute Gasteiger partial charge is 3.00 e. The molecule has 10 heavy (non-hydrogen) atoms. The van der Waals surface area contributed by atoms with Gasteiger partial charge in [0.15, 0.2) is 0 Å². The minimum atomic E-state index is -0.500. The van der Waals surface area contributed by atoms with Crippen molar-refractivity contribution in [3.05, 3.63) is 0 Å².